The van der Waals surface area contributed by atoms with Crippen LogP contribution >= 0.6 is 0 Å². The summed E-state index contributed by atoms with van der Waals surface area (Å²) in [4.78, 5) is 0. The molecule has 1 aromatic carbocycles. The van der Waals surface area contributed by atoms with E-state index < -0.39 is 0 Å². The van der Waals surface area contributed by atoms with Crippen molar-refractivity contribution in [3.63, 3.8) is 0 Å². The van der Waals surface area contributed by atoms with Gasteiger partial charge in [0.15, 0.2) is 0 Å². The molecule has 2 aromatic rings. The molecule has 1 atom stereocenters. The Hall–Kier alpha value is -1.68. The number of nitrogens with zero attached hydrogens (tertiary/aromatic N) is 2. The first-order valence-corrected chi connectivity index (χ1v) is 5.94. The molecule has 0 fully saturated rings. The molecule has 0 radical (unpaired) electrons. The van der Waals surface area contributed by atoms with Crippen LogP contribution in [0.2, 0.25) is 0 Å². The zero-order chi connectivity index (χ0) is 12.1. The number of aromatic nitrogens is 2. The highest BCUT2D eigenvalue weighted by Crippen LogP contribution is 2.18. The number of rotatable bonds is 5. The first kappa shape index (κ1) is 11.8. The third-order valence-electron chi connectivity index (χ3n) is 2.65. The highest BCUT2D eigenvalue weighted by Gasteiger charge is 2.15. The van der Waals surface area contributed by atoms with Crippen molar-refractivity contribution >= 4 is 0 Å². The molecule has 0 saturated carbocycles. The van der Waals surface area contributed by atoms with E-state index in [0.29, 0.717) is 11.8 Å². The molecule has 1 aromatic heterocycles. The molecule has 0 spiro atoms. The Kier molecular flexibility index (Phi) is 3.88. The van der Waals surface area contributed by atoms with E-state index >= 15 is 0 Å². The fourth-order valence-electron chi connectivity index (χ4n) is 1.62. The van der Waals surface area contributed by atoms with E-state index in [-0.39, 0.29) is 6.04 Å². The van der Waals surface area contributed by atoms with Gasteiger partial charge in [-0.3, -0.25) is 0 Å². The summed E-state index contributed by atoms with van der Waals surface area (Å²) in [6.45, 7) is 2.13. The van der Waals surface area contributed by atoms with E-state index in [1.54, 1.807) is 0 Å². The van der Waals surface area contributed by atoms with Gasteiger partial charge >= 0.3 is 0 Å². The topological polar surface area (TPSA) is 64.9 Å². The monoisotopic (exact) mass is 231 g/mol. The summed E-state index contributed by atoms with van der Waals surface area (Å²) in [6, 6.07) is 9.43. The van der Waals surface area contributed by atoms with Crippen LogP contribution in [0.3, 0.4) is 0 Å². The van der Waals surface area contributed by atoms with E-state index in [9.17, 15) is 0 Å². The van der Waals surface area contributed by atoms with Gasteiger partial charge in [0.25, 0.3) is 0 Å². The molecular formula is C13H17N3O. The van der Waals surface area contributed by atoms with Crippen molar-refractivity contribution in [3.05, 3.63) is 47.7 Å². The smallest absolute Gasteiger partial charge is 0.237 e. The first-order valence-electron chi connectivity index (χ1n) is 5.94. The van der Waals surface area contributed by atoms with Crippen molar-refractivity contribution in [1.29, 1.82) is 0 Å². The predicted molar refractivity (Wildman–Crippen MR) is 65.4 cm³/mol. The summed E-state index contributed by atoms with van der Waals surface area (Å²) in [5, 5.41) is 8.01. The molecule has 1 unspecified atom stereocenters. The van der Waals surface area contributed by atoms with Gasteiger partial charge in [0.2, 0.25) is 11.8 Å². The molecular weight excluding hydrogens is 214 g/mol. The van der Waals surface area contributed by atoms with Crippen molar-refractivity contribution in [2.24, 2.45) is 5.73 Å². The minimum absolute atomic E-state index is 0.334. The Morgan fingerprint density at radius 2 is 2.00 bits per heavy atom. The zero-order valence-corrected chi connectivity index (χ0v) is 9.97. The third kappa shape index (κ3) is 2.91. The van der Waals surface area contributed by atoms with Crippen LogP contribution in [0.1, 0.15) is 43.2 Å². The Labute approximate surface area is 101 Å². The van der Waals surface area contributed by atoms with E-state index in [4.69, 9.17) is 10.2 Å². The standard InChI is InChI=1S/C13H17N3O/c1-2-3-9-11-15-16-13(17-11)12(14)10-7-5-4-6-8-10/h4-8,12H,2-3,9,14H2,1H3. The molecule has 0 amide bonds. The molecule has 4 nitrogen and oxygen atoms in total. The maximum absolute atomic E-state index is 6.06. The molecule has 2 rings (SSSR count). The lowest BCUT2D eigenvalue weighted by Gasteiger charge is -2.06. The van der Waals surface area contributed by atoms with Crippen LogP contribution in [0.4, 0.5) is 0 Å². The molecule has 0 bridgehead atoms. The van der Waals surface area contributed by atoms with Gasteiger partial charge in [-0.05, 0) is 12.0 Å². The molecule has 4 heteroatoms. The number of benzene rings is 1. The number of aryl methyl sites for hydroxylation is 1. The lowest BCUT2D eigenvalue weighted by Crippen LogP contribution is -2.11. The normalized spacial score (nSPS) is 12.6. The SMILES string of the molecule is CCCCc1nnc(C(N)c2ccccc2)o1. The lowest BCUT2D eigenvalue weighted by molar-refractivity contribution is 0.429. The van der Waals surface area contributed by atoms with Gasteiger partial charge in [0.1, 0.15) is 6.04 Å². The van der Waals surface area contributed by atoms with Crippen molar-refractivity contribution in [2.75, 3.05) is 0 Å². The molecule has 17 heavy (non-hydrogen) atoms. The largest absolute Gasteiger partial charge is 0.423 e. The fourth-order valence-corrected chi connectivity index (χ4v) is 1.62. The summed E-state index contributed by atoms with van der Waals surface area (Å²) >= 11 is 0. The van der Waals surface area contributed by atoms with Crippen LogP contribution in [-0.2, 0) is 6.42 Å². The summed E-state index contributed by atoms with van der Waals surface area (Å²) < 4.78 is 5.55. The fraction of sp³-hybridized carbons (Fsp3) is 0.385. The molecule has 2 N–H and O–H groups in total. The van der Waals surface area contributed by atoms with E-state index in [1.165, 1.54) is 0 Å². The molecule has 0 saturated heterocycles. The summed E-state index contributed by atoms with van der Waals surface area (Å²) in [5.74, 6) is 1.16. The molecule has 90 valence electrons. The highest BCUT2D eigenvalue weighted by molar-refractivity contribution is 5.22. The summed E-state index contributed by atoms with van der Waals surface area (Å²) in [5.41, 5.74) is 7.05. The van der Waals surface area contributed by atoms with Gasteiger partial charge in [-0.1, -0.05) is 43.7 Å². The third-order valence-corrected chi connectivity index (χ3v) is 2.65. The average Bonchev–Trinajstić information content (AvgIpc) is 2.85. The number of hydrogen-bond donors (Lipinski definition) is 1. The van der Waals surface area contributed by atoms with E-state index in [0.717, 1.165) is 24.8 Å². The minimum atomic E-state index is -0.334. The van der Waals surface area contributed by atoms with Gasteiger partial charge in [-0.2, -0.15) is 0 Å². The quantitative estimate of drug-likeness (QED) is 0.858. The maximum Gasteiger partial charge on any atom is 0.237 e. The lowest BCUT2D eigenvalue weighted by atomic mass is 10.1. The van der Waals surface area contributed by atoms with Crippen LogP contribution in [0.5, 0.6) is 0 Å². The van der Waals surface area contributed by atoms with Crippen LogP contribution in [-0.4, -0.2) is 10.2 Å². The van der Waals surface area contributed by atoms with Crippen LogP contribution in [0, 0.1) is 0 Å². The Morgan fingerprint density at radius 1 is 1.24 bits per heavy atom. The molecule has 1 heterocycles. The van der Waals surface area contributed by atoms with Gasteiger partial charge in [-0.15, -0.1) is 10.2 Å². The number of unbranched alkanes of at least 4 members (excludes halogenated alkanes) is 1. The van der Waals surface area contributed by atoms with Gasteiger partial charge in [0, 0.05) is 6.42 Å². The van der Waals surface area contributed by atoms with Crippen molar-refractivity contribution in [1.82, 2.24) is 10.2 Å². The van der Waals surface area contributed by atoms with Crippen molar-refractivity contribution in [3.8, 4) is 0 Å². The Balaban J connectivity index is 2.09. The second kappa shape index (κ2) is 5.59. The van der Waals surface area contributed by atoms with Crippen LogP contribution in [0.25, 0.3) is 0 Å². The molecule has 0 aliphatic carbocycles. The average molecular weight is 231 g/mol. The Bertz CT molecular complexity index is 453. The Morgan fingerprint density at radius 3 is 2.71 bits per heavy atom. The molecule has 0 aliphatic rings. The maximum atomic E-state index is 6.06. The van der Waals surface area contributed by atoms with Gasteiger partial charge in [-0.25, -0.2) is 0 Å². The first-order chi connectivity index (χ1) is 8.31. The van der Waals surface area contributed by atoms with Crippen molar-refractivity contribution in [2.45, 2.75) is 32.2 Å². The summed E-state index contributed by atoms with van der Waals surface area (Å²) in [6.07, 6.45) is 3.00. The summed E-state index contributed by atoms with van der Waals surface area (Å²) in [7, 11) is 0. The zero-order valence-electron chi connectivity index (χ0n) is 9.97. The van der Waals surface area contributed by atoms with E-state index in [2.05, 4.69) is 17.1 Å². The second-order valence-corrected chi connectivity index (χ2v) is 4.03. The van der Waals surface area contributed by atoms with Crippen LogP contribution in [0.15, 0.2) is 34.7 Å². The second-order valence-electron chi connectivity index (χ2n) is 4.03. The van der Waals surface area contributed by atoms with E-state index in [1.807, 2.05) is 30.3 Å². The predicted octanol–water partition coefficient (Wildman–Crippen LogP) is 2.46. The van der Waals surface area contributed by atoms with Gasteiger partial charge < -0.3 is 10.2 Å². The van der Waals surface area contributed by atoms with Crippen LogP contribution < -0.4 is 5.73 Å². The van der Waals surface area contributed by atoms with Crippen molar-refractivity contribution < 1.29 is 4.42 Å². The molecule has 0 aliphatic heterocycles. The highest BCUT2D eigenvalue weighted by atomic mass is 16.4. The number of hydrogen-bond acceptors (Lipinski definition) is 4. The minimum Gasteiger partial charge on any atom is -0.423 e. The van der Waals surface area contributed by atoms with Gasteiger partial charge in [0.05, 0.1) is 0 Å². The number of nitrogens with two attached hydrogens (primary N) is 1.